The van der Waals surface area contributed by atoms with E-state index in [0.29, 0.717) is 15.7 Å². The van der Waals surface area contributed by atoms with E-state index < -0.39 is 175 Å². The fraction of sp³-hybridized carbons (Fsp3) is 0. The van der Waals surface area contributed by atoms with Crippen LogP contribution in [0.4, 0.5) is 0 Å². The van der Waals surface area contributed by atoms with Gasteiger partial charge in [-0.2, -0.15) is 0 Å². The zero-order valence-corrected chi connectivity index (χ0v) is 36.4. The fourth-order valence-corrected chi connectivity index (χ4v) is 9.39. The van der Waals surface area contributed by atoms with Gasteiger partial charge in [0.15, 0.2) is 80.7 Å². The van der Waals surface area contributed by atoms with E-state index in [-0.39, 0.29) is 11.6 Å². The molecule has 22 heteroatoms. The second kappa shape index (κ2) is 15.2. The normalized spacial score (nSPS) is 11.7. The molecule has 0 spiro atoms. The Morgan fingerprint density at radius 3 is 1.07 bits per heavy atom. The van der Waals surface area contributed by atoms with Crippen molar-refractivity contribution >= 4 is 43.4 Å². The zero-order valence-electron chi connectivity index (χ0n) is 36.4. The Bertz CT molecular complexity index is 4190. The number of phenolic OH excluding ortho intramolecular Hbond substituents is 18. The third-order valence-corrected chi connectivity index (χ3v) is 12.8. The summed E-state index contributed by atoms with van der Waals surface area (Å²) in [6.45, 7) is 0. The van der Waals surface area contributed by atoms with Gasteiger partial charge in [-0.15, -0.1) is 0 Å². The number of hydrogen-bond donors (Lipinski definition) is 18. The van der Waals surface area contributed by atoms with E-state index in [2.05, 4.69) is 9.97 Å². The number of aromatic hydroxyl groups is 18. The van der Waals surface area contributed by atoms with Gasteiger partial charge in [-0.05, 0) is 11.1 Å². The Hall–Kier alpha value is -11.0. The van der Waals surface area contributed by atoms with E-state index in [9.17, 15) is 91.9 Å². The highest BCUT2D eigenvalue weighted by molar-refractivity contribution is 6.42. The molecule has 364 valence electrons. The van der Waals surface area contributed by atoms with Crippen molar-refractivity contribution in [3.05, 3.63) is 84.9 Å². The number of nitrogens with zero attached hydrogens (tertiary/aromatic N) is 4. The quantitative estimate of drug-likeness (QED) is 0.0430. The average Bonchev–Trinajstić information content (AvgIpc) is 3.75. The summed E-state index contributed by atoms with van der Waals surface area (Å²) >= 11 is 0. The van der Waals surface area contributed by atoms with Gasteiger partial charge in [-0.25, -0.2) is 15.0 Å². The molecule has 0 amide bonds. The van der Waals surface area contributed by atoms with Crippen LogP contribution in [-0.4, -0.2) is 111 Å². The molecular weight excluding hydrogens is 957 g/mol. The SMILES string of the molecule is Oc1c(O)c(O)c(-c2c(O)c(O)c(O)c(-n3c4c(O)c(O)c(O)c5c6c(O)c(O)c(O)c(O)c6c6c(-c7nc(-c8ccccc8)nc(-c8ccc(-c9ccccc9)cc8)n7)c(O)c(O)c3c6c54)c2O)c(O)c1O. The van der Waals surface area contributed by atoms with E-state index >= 15 is 0 Å². The number of benzene rings is 9. The van der Waals surface area contributed by atoms with Crippen LogP contribution in [0.2, 0.25) is 0 Å². The predicted molar refractivity (Wildman–Crippen MR) is 258 cm³/mol. The second-order valence-corrected chi connectivity index (χ2v) is 16.6. The van der Waals surface area contributed by atoms with Crippen LogP contribution in [0, 0.1) is 0 Å². The molecule has 0 aliphatic heterocycles. The first-order valence-corrected chi connectivity index (χ1v) is 21.2. The molecule has 0 saturated carbocycles. The minimum atomic E-state index is -1.64. The molecule has 11 rings (SSSR count). The van der Waals surface area contributed by atoms with Crippen LogP contribution in [0.1, 0.15) is 0 Å². The van der Waals surface area contributed by atoms with E-state index in [1.165, 1.54) is 0 Å². The predicted octanol–water partition coefficient (Wildman–Crippen LogP) is 7.75. The van der Waals surface area contributed by atoms with Crippen molar-refractivity contribution in [3.63, 3.8) is 0 Å². The number of hydrogen-bond acceptors (Lipinski definition) is 21. The summed E-state index contributed by atoms with van der Waals surface area (Å²) in [6, 6.07) is 24.5. The van der Waals surface area contributed by atoms with Gasteiger partial charge in [-0.1, -0.05) is 84.9 Å². The van der Waals surface area contributed by atoms with Crippen molar-refractivity contribution in [2.24, 2.45) is 0 Å². The van der Waals surface area contributed by atoms with Crippen molar-refractivity contribution in [1.82, 2.24) is 19.5 Å². The molecule has 0 atom stereocenters. The Kier molecular flexibility index (Phi) is 9.28. The van der Waals surface area contributed by atoms with Crippen LogP contribution in [0.5, 0.6) is 103 Å². The fourth-order valence-electron chi connectivity index (χ4n) is 9.39. The summed E-state index contributed by atoms with van der Waals surface area (Å²) in [7, 11) is 0. The van der Waals surface area contributed by atoms with Gasteiger partial charge < -0.3 is 91.9 Å². The van der Waals surface area contributed by atoms with Crippen molar-refractivity contribution in [1.29, 1.82) is 0 Å². The van der Waals surface area contributed by atoms with Crippen molar-refractivity contribution < 1.29 is 91.9 Å². The first-order chi connectivity index (χ1) is 34.8. The van der Waals surface area contributed by atoms with Gasteiger partial charge in [-0.3, -0.25) is 4.57 Å². The molecule has 73 heavy (non-hydrogen) atoms. The summed E-state index contributed by atoms with van der Waals surface area (Å²) in [4.78, 5) is 14.0. The Morgan fingerprint density at radius 1 is 0.233 bits per heavy atom. The molecular formula is C51H32N4O18. The summed E-state index contributed by atoms with van der Waals surface area (Å²) < 4.78 is 0.398. The number of phenols is 18. The smallest absolute Gasteiger partial charge is 0.208 e. The number of aromatic nitrogens is 4. The van der Waals surface area contributed by atoms with Gasteiger partial charge in [0, 0.05) is 43.4 Å². The van der Waals surface area contributed by atoms with Gasteiger partial charge >= 0.3 is 0 Å². The number of fused-ring (bicyclic) bond motifs is 3. The first kappa shape index (κ1) is 44.5. The van der Waals surface area contributed by atoms with Gasteiger partial charge in [0.05, 0.1) is 16.7 Å². The van der Waals surface area contributed by atoms with E-state index in [1.807, 2.05) is 30.3 Å². The van der Waals surface area contributed by atoms with E-state index in [1.54, 1.807) is 54.6 Å². The van der Waals surface area contributed by atoms with Crippen molar-refractivity contribution in [2.45, 2.75) is 0 Å². The van der Waals surface area contributed by atoms with Crippen LogP contribution in [0.15, 0.2) is 84.9 Å². The van der Waals surface area contributed by atoms with Crippen LogP contribution in [0.3, 0.4) is 0 Å². The summed E-state index contributed by atoms with van der Waals surface area (Å²) in [5.41, 5.74) is -4.11. The maximum absolute atomic E-state index is 12.5. The molecule has 22 nitrogen and oxygen atoms in total. The number of rotatable bonds is 6. The molecule has 11 aromatic rings. The lowest BCUT2D eigenvalue weighted by molar-refractivity contribution is 0.329. The minimum absolute atomic E-state index is 0.0568. The maximum Gasteiger partial charge on any atom is 0.208 e. The second-order valence-electron chi connectivity index (χ2n) is 16.6. The molecule has 2 aromatic heterocycles. The molecule has 0 aliphatic rings. The Balaban J connectivity index is 1.36. The molecule has 0 aliphatic carbocycles. The molecule has 18 N–H and O–H groups in total. The van der Waals surface area contributed by atoms with E-state index in [4.69, 9.17) is 4.98 Å². The van der Waals surface area contributed by atoms with Gasteiger partial charge in [0.2, 0.25) is 40.2 Å². The lowest BCUT2D eigenvalue weighted by Crippen LogP contribution is -2.02. The molecule has 0 bridgehead atoms. The summed E-state index contributed by atoms with van der Waals surface area (Å²) in [5, 5.41) is 201. The average molecular weight is 989 g/mol. The highest BCUT2D eigenvalue weighted by Crippen LogP contribution is 2.66. The largest absolute Gasteiger partial charge is 0.505 e. The molecule has 0 fully saturated rings. The van der Waals surface area contributed by atoms with E-state index in [0.717, 1.165) is 11.1 Å². The molecule has 0 saturated heterocycles. The molecule has 0 unspecified atom stereocenters. The highest BCUT2D eigenvalue weighted by Gasteiger charge is 2.40. The minimum Gasteiger partial charge on any atom is -0.505 e. The molecule has 9 aromatic carbocycles. The lowest BCUT2D eigenvalue weighted by Gasteiger charge is -2.20. The van der Waals surface area contributed by atoms with Crippen LogP contribution in [-0.2, 0) is 0 Å². The van der Waals surface area contributed by atoms with Gasteiger partial charge in [0.25, 0.3) is 0 Å². The maximum atomic E-state index is 12.5. The van der Waals surface area contributed by atoms with Crippen molar-refractivity contribution in [3.8, 4) is 166 Å². The topological polar surface area (TPSA) is 408 Å². The third-order valence-electron chi connectivity index (χ3n) is 12.8. The highest BCUT2D eigenvalue weighted by atomic mass is 16.4. The van der Waals surface area contributed by atoms with Crippen LogP contribution in [0.25, 0.3) is 105 Å². The summed E-state index contributed by atoms with van der Waals surface area (Å²) in [6.07, 6.45) is 0. The third kappa shape index (κ3) is 5.81. The monoisotopic (exact) mass is 988 g/mol. The molecule has 0 radical (unpaired) electrons. The first-order valence-electron chi connectivity index (χ1n) is 21.2. The standard InChI is InChI=1S/C51H32N4O18/c56-31-25(26-36(61)46(71)48(73)47(72)37(26)62)35(60)43(68)41(66)30(31)55-28-20-19(22-24(34(59)45(70)44(69)32(22)57)23-21(20)29(55)40(65)42(67)33(23)58)27(38(63)39(28)64)51-53-49(17-9-5-2-6-10-17)52-50(54-51)18-13-11-16(12-14-18)15-7-3-1-4-8-15/h1-14,56-73H. The lowest BCUT2D eigenvalue weighted by atomic mass is 9.88. The Morgan fingerprint density at radius 2 is 0.548 bits per heavy atom. The van der Waals surface area contributed by atoms with Crippen LogP contribution >= 0.6 is 0 Å². The Labute approximate surface area is 404 Å². The molecule has 2 heterocycles. The van der Waals surface area contributed by atoms with Gasteiger partial charge in [0.1, 0.15) is 16.7 Å². The summed E-state index contributed by atoms with van der Waals surface area (Å²) in [5.74, 6) is -27.0. The zero-order chi connectivity index (χ0) is 52.0. The van der Waals surface area contributed by atoms with Crippen molar-refractivity contribution in [2.75, 3.05) is 0 Å². The van der Waals surface area contributed by atoms with Crippen LogP contribution < -0.4 is 0 Å².